The Labute approximate surface area is 164 Å². The van der Waals surface area contributed by atoms with Crippen molar-refractivity contribution in [1.29, 1.82) is 0 Å². The van der Waals surface area contributed by atoms with Crippen LogP contribution in [0.25, 0.3) is 10.9 Å². The highest BCUT2D eigenvalue weighted by Crippen LogP contribution is 2.19. The number of rotatable bonds is 6. The topological polar surface area (TPSA) is 75.4 Å². The Hall–Kier alpha value is -2.99. The molecular formula is C22H25N3O3. The SMILES string of the molecule is O=C(NCc1ccc2[nH]ccc2c1)Nc1ccc(OC[C@H]2CCCCO2)cc1. The second-order valence-electron chi connectivity index (χ2n) is 7.03. The maximum absolute atomic E-state index is 12.1. The number of H-pyrrole nitrogens is 1. The van der Waals surface area contributed by atoms with E-state index in [4.69, 9.17) is 9.47 Å². The number of benzene rings is 2. The fourth-order valence-corrected chi connectivity index (χ4v) is 3.33. The average Bonchev–Trinajstić information content (AvgIpc) is 3.20. The van der Waals surface area contributed by atoms with Crippen LogP contribution >= 0.6 is 0 Å². The van der Waals surface area contributed by atoms with Gasteiger partial charge in [-0.2, -0.15) is 0 Å². The van der Waals surface area contributed by atoms with Gasteiger partial charge in [0.1, 0.15) is 12.4 Å². The van der Waals surface area contributed by atoms with Crippen LogP contribution in [-0.4, -0.2) is 30.3 Å². The molecule has 0 saturated carbocycles. The molecule has 6 nitrogen and oxygen atoms in total. The van der Waals surface area contributed by atoms with E-state index in [9.17, 15) is 4.79 Å². The minimum absolute atomic E-state index is 0.183. The molecule has 6 heteroatoms. The second kappa shape index (κ2) is 8.80. The van der Waals surface area contributed by atoms with E-state index in [1.54, 1.807) is 0 Å². The van der Waals surface area contributed by atoms with Crippen LogP contribution in [0.5, 0.6) is 5.75 Å². The molecular weight excluding hydrogens is 354 g/mol. The molecule has 4 rings (SSSR count). The second-order valence-corrected chi connectivity index (χ2v) is 7.03. The van der Waals surface area contributed by atoms with Gasteiger partial charge >= 0.3 is 6.03 Å². The summed E-state index contributed by atoms with van der Waals surface area (Å²) < 4.78 is 11.4. The van der Waals surface area contributed by atoms with Crippen molar-refractivity contribution in [1.82, 2.24) is 10.3 Å². The Bertz CT molecular complexity index is 914. The monoisotopic (exact) mass is 379 g/mol. The minimum Gasteiger partial charge on any atom is -0.491 e. The van der Waals surface area contributed by atoms with Gasteiger partial charge < -0.3 is 25.1 Å². The maximum Gasteiger partial charge on any atom is 0.319 e. The number of anilines is 1. The van der Waals surface area contributed by atoms with Gasteiger partial charge in [-0.3, -0.25) is 0 Å². The first-order valence-corrected chi connectivity index (χ1v) is 9.71. The van der Waals surface area contributed by atoms with Crippen molar-refractivity contribution in [2.45, 2.75) is 31.9 Å². The molecule has 0 aliphatic carbocycles. The minimum atomic E-state index is -0.238. The number of aromatic amines is 1. The third-order valence-electron chi connectivity index (χ3n) is 4.89. The molecule has 0 bridgehead atoms. The van der Waals surface area contributed by atoms with Crippen molar-refractivity contribution in [3.63, 3.8) is 0 Å². The number of urea groups is 1. The molecule has 2 amide bonds. The summed E-state index contributed by atoms with van der Waals surface area (Å²) in [5, 5.41) is 6.85. The van der Waals surface area contributed by atoms with Crippen LogP contribution in [0.15, 0.2) is 54.7 Å². The molecule has 1 aliphatic rings. The normalized spacial score (nSPS) is 16.6. The van der Waals surface area contributed by atoms with Crippen LogP contribution < -0.4 is 15.4 Å². The van der Waals surface area contributed by atoms with Crippen LogP contribution in [0.3, 0.4) is 0 Å². The number of hydrogen-bond donors (Lipinski definition) is 3. The highest BCUT2D eigenvalue weighted by molar-refractivity contribution is 5.89. The third-order valence-corrected chi connectivity index (χ3v) is 4.89. The lowest BCUT2D eigenvalue weighted by molar-refractivity contribution is -0.0110. The number of carbonyl (C=O) groups is 1. The Kier molecular flexibility index (Phi) is 5.77. The zero-order chi connectivity index (χ0) is 19.2. The molecule has 1 aromatic heterocycles. The number of ether oxygens (including phenoxy) is 2. The summed E-state index contributed by atoms with van der Waals surface area (Å²) in [6.45, 7) is 1.86. The summed E-state index contributed by atoms with van der Waals surface area (Å²) in [5.41, 5.74) is 2.86. The molecule has 1 atom stereocenters. The van der Waals surface area contributed by atoms with E-state index >= 15 is 0 Å². The zero-order valence-electron chi connectivity index (χ0n) is 15.7. The Morgan fingerprint density at radius 1 is 1.14 bits per heavy atom. The van der Waals surface area contributed by atoms with Crippen molar-refractivity contribution in [2.24, 2.45) is 0 Å². The van der Waals surface area contributed by atoms with Crippen LogP contribution in [0, 0.1) is 0 Å². The number of fused-ring (bicyclic) bond motifs is 1. The lowest BCUT2D eigenvalue weighted by Gasteiger charge is -2.22. The predicted molar refractivity (Wildman–Crippen MR) is 110 cm³/mol. The molecule has 0 spiro atoms. The molecule has 1 aliphatic heterocycles. The highest BCUT2D eigenvalue weighted by Gasteiger charge is 2.14. The lowest BCUT2D eigenvalue weighted by Crippen LogP contribution is -2.28. The first kappa shape index (κ1) is 18.4. The zero-order valence-corrected chi connectivity index (χ0v) is 15.7. The van der Waals surface area contributed by atoms with Crippen LogP contribution in [-0.2, 0) is 11.3 Å². The van der Waals surface area contributed by atoms with Gasteiger partial charge in [-0.1, -0.05) is 6.07 Å². The van der Waals surface area contributed by atoms with E-state index in [0.29, 0.717) is 13.2 Å². The molecule has 0 radical (unpaired) electrons. The Morgan fingerprint density at radius 3 is 2.86 bits per heavy atom. The van der Waals surface area contributed by atoms with Crippen molar-refractivity contribution in [3.8, 4) is 5.75 Å². The highest BCUT2D eigenvalue weighted by atomic mass is 16.5. The van der Waals surface area contributed by atoms with E-state index < -0.39 is 0 Å². The number of carbonyl (C=O) groups excluding carboxylic acids is 1. The molecule has 3 aromatic rings. The van der Waals surface area contributed by atoms with Gasteiger partial charge in [0.05, 0.1) is 6.10 Å². The molecule has 28 heavy (non-hydrogen) atoms. The number of amides is 2. The van der Waals surface area contributed by atoms with E-state index in [0.717, 1.165) is 47.4 Å². The summed E-state index contributed by atoms with van der Waals surface area (Å²) in [5.74, 6) is 0.778. The first-order chi connectivity index (χ1) is 13.8. The average molecular weight is 379 g/mol. The van der Waals surface area contributed by atoms with Gasteiger partial charge in [0, 0.05) is 30.6 Å². The van der Waals surface area contributed by atoms with E-state index in [1.807, 2.05) is 48.7 Å². The molecule has 1 saturated heterocycles. The standard InChI is InChI=1S/C22H25N3O3/c26-22(24-14-16-4-9-21-17(13-16)10-11-23-21)25-18-5-7-19(8-6-18)28-15-20-3-1-2-12-27-20/h4-11,13,20,23H,1-3,12,14-15H2,(H2,24,25,26)/t20-/m1/s1. The van der Waals surface area contributed by atoms with Gasteiger partial charge in [-0.05, 0) is 72.7 Å². The molecule has 2 heterocycles. The van der Waals surface area contributed by atoms with Crippen molar-refractivity contribution in [2.75, 3.05) is 18.5 Å². The summed E-state index contributed by atoms with van der Waals surface area (Å²) in [6.07, 6.45) is 5.48. The Morgan fingerprint density at radius 2 is 2.04 bits per heavy atom. The predicted octanol–water partition coefficient (Wildman–Crippen LogP) is 4.44. The first-order valence-electron chi connectivity index (χ1n) is 9.71. The summed E-state index contributed by atoms with van der Waals surface area (Å²) in [4.78, 5) is 15.3. The van der Waals surface area contributed by atoms with Crippen molar-refractivity contribution >= 4 is 22.6 Å². The molecule has 146 valence electrons. The smallest absolute Gasteiger partial charge is 0.319 e. The van der Waals surface area contributed by atoms with Crippen molar-refractivity contribution in [3.05, 3.63) is 60.3 Å². The molecule has 1 fully saturated rings. The van der Waals surface area contributed by atoms with Gasteiger partial charge in [0.2, 0.25) is 0 Å². The fraction of sp³-hybridized carbons (Fsp3) is 0.318. The number of hydrogen-bond acceptors (Lipinski definition) is 3. The van der Waals surface area contributed by atoms with E-state index in [1.165, 1.54) is 6.42 Å². The number of nitrogens with one attached hydrogen (secondary N) is 3. The van der Waals surface area contributed by atoms with E-state index in [-0.39, 0.29) is 12.1 Å². The van der Waals surface area contributed by atoms with Gasteiger partial charge in [0.25, 0.3) is 0 Å². The van der Waals surface area contributed by atoms with Crippen molar-refractivity contribution < 1.29 is 14.3 Å². The number of aromatic nitrogens is 1. The summed E-state index contributed by atoms with van der Waals surface area (Å²) in [7, 11) is 0. The van der Waals surface area contributed by atoms with Crippen LogP contribution in [0.4, 0.5) is 10.5 Å². The fourth-order valence-electron chi connectivity index (χ4n) is 3.33. The molecule has 3 N–H and O–H groups in total. The lowest BCUT2D eigenvalue weighted by atomic mass is 10.1. The maximum atomic E-state index is 12.1. The summed E-state index contributed by atoms with van der Waals surface area (Å²) >= 11 is 0. The third kappa shape index (κ3) is 4.84. The van der Waals surface area contributed by atoms with Crippen LogP contribution in [0.2, 0.25) is 0 Å². The summed E-state index contributed by atoms with van der Waals surface area (Å²) in [6, 6.07) is 15.2. The quantitative estimate of drug-likeness (QED) is 0.593. The van der Waals surface area contributed by atoms with Gasteiger partial charge in [-0.25, -0.2) is 4.79 Å². The molecule has 0 unspecified atom stereocenters. The Balaban J connectivity index is 1.23. The van der Waals surface area contributed by atoms with Gasteiger partial charge in [-0.15, -0.1) is 0 Å². The van der Waals surface area contributed by atoms with E-state index in [2.05, 4.69) is 21.7 Å². The molecule has 2 aromatic carbocycles. The van der Waals surface area contributed by atoms with Gasteiger partial charge in [0.15, 0.2) is 0 Å². The van der Waals surface area contributed by atoms with Crippen LogP contribution in [0.1, 0.15) is 24.8 Å². The largest absolute Gasteiger partial charge is 0.491 e.